The molecule has 0 aliphatic rings. The Labute approximate surface area is 180 Å². The molecule has 4 rings (SSSR count). The van der Waals surface area contributed by atoms with E-state index in [-0.39, 0.29) is 18.2 Å². The van der Waals surface area contributed by atoms with Crippen molar-refractivity contribution >= 4 is 18.1 Å². The number of halogens is 2. The van der Waals surface area contributed by atoms with E-state index in [4.69, 9.17) is 9.15 Å². The summed E-state index contributed by atoms with van der Waals surface area (Å²) in [5, 5.41) is 11.8. The second-order valence-corrected chi connectivity index (χ2v) is 6.37. The van der Waals surface area contributed by atoms with Crippen molar-refractivity contribution in [3.05, 3.63) is 96.1 Å². The first-order valence-electron chi connectivity index (χ1n) is 9.37. The van der Waals surface area contributed by atoms with Crippen LogP contribution in [0.25, 0.3) is 11.5 Å². The van der Waals surface area contributed by atoms with Crippen molar-refractivity contribution in [1.29, 1.82) is 0 Å². The highest BCUT2D eigenvalue weighted by Crippen LogP contribution is 2.32. The zero-order valence-corrected chi connectivity index (χ0v) is 17.1. The van der Waals surface area contributed by atoms with E-state index < -0.39 is 6.04 Å². The van der Waals surface area contributed by atoms with E-state index >= 15 is 0 Å². The van der Waals surface area contributed by atoms with Crippen LogP contribution in [0.15, 0.2) is 83.3 Å². The highest BCUT2D eigenvalue weighted by Gasteiger charge is 2.23. The first kappa shape index (κ1) is 21.3. The van der Waals surface area contributed by atoms with Crippen LogP contribution in [0.1, 0.15) is 24.4 Å². The summed E-state index contributed by atoms with van der Waals surface area (Å²) < 4.78 is 25.2. The normalized spacial score (nSPS) is 11.4. The Hall–Kier alpha value is -3.38. The van der Waals surface area contributed by atoms with Gasteiger partial charge in [-0.3, -0.25) is 0 Å². The van der Waals surface area contributed by atoms with Crippen molar-refractivity contribution in [3.63, 3.8) is 0 Å². The number of benzene rings is 3. The Balaban J connectivity index is 0.00000256. The van der Waals surface area contributed by atoms with Crippen molar-refractivity contribution < 1.29 is 13.5 Å². The Bertz CT molecular complexity index is 1070. The number of anilines is 1. The SMILES string of the molecule is CCOc1ccccc1NC(c1ccc(F)cc1)c1nnc(-c2ccccc2)o1.Cl. The largest absolute Gasteiger partial charge is 0.492 e. The van der Waals surface area contributed by atoms with Gasteiger partial charge in [0.05, 0.1) is 12.3 Å². The molecule has 0 bridgehead atoms. The molecule has 0 radical (unpaired) electrons. The minimum absolute atomic E-state index is 0. The van der Waals surface area contributed by atoms with Gasteiger partial charge < -0.3 is 14.5 Å². The first-order valence-corrected chi connectivity index (χ1v) is 9.37. The molecule has 4 aromatic rings. The molecule has 1 atom stereocenters. The molecule has 7 heteroatoms. The Morgan fingerprint density at radius 2 is 1.63 bits per heavy atom. The van der Waals surface area contributed by atoms with E-state index in [1.54, 1.807) is 12.1 Å². The molecule has 1 heterocycles. The second-order valence-electron chi connectivity index (χ2n) is 6.37. The molecule has 3 aromatic carbocycles. The van der Waals surface area contributed by atoms with Gasteiger partial charge in [-0.1, -0.05) is 42.5 Å². The summed E-state index contributed by atoms with van der Waals surface area (Å²) in [5.41, 5.74) is 2.41. The topological polar surface area (TPSA) is 60.2 Å². The molecule has 0 spiro atoms. The Kier molecular flexibility index (Phi) is 7.03. The summed E-state index contributed by atoms with van der Waals surface area (Å²) in [6, 6.07) is 22.9. The summed E-state index contributed by atoms with van der Waals surface area (Å²) >= 11 is 0. The number of hydrogen-bond acceptors (Lipinski definition) is 5. The lowest BCUT2D eigenvalue weighted by Gasteiger charge is -2.19. The number of aromatic nitrogens is 2. The molecule has 5 nitrogen and oxygen atoms in total. The molecule has 0 aliphatic heterocycles. The molecule has 0 amide bonds. The quantitative estimate of drug-likeness (QED) is 0.399. The molecule has 0 fully saturated rings. The molecule has 1 N–H and O–H groups in total. The van der Waals surface area contributed by atoms with E-state index in [2.05, 4.69) is 15.5 Å². The van der Waals surface area contributed by atoms with Gasteiger partial charge in [-0.25, -0.2) is 4.39 Å². The van der Waals surface area contributed by atoms with Crippen LogP contribution in [0, 0.1) is 5.82 Å². The van der Waals surface area contributed by atoms with Crippen LogP contribution in [-0.2, 0) is 0 Å². The molecule has 1 unspecified atom stereocenters. The van der Waals surface area contributed by atoms with E-state index in [9.17, 15) is 4.39 Å². The van der Waals surface area contributed by atoms with Crippen LogP contribution < -0.4 is 10.1 Å². The van der Waals surface area contributed by atoms with Crippen molar-refractivity contribution in [1.82, 2.24) is 10.2 Å². The highest BCUT2D eigenvalue weighted by atomic mass is 35.5. The fourth-order valence-electron chi connectivity index (χ4n) is 3.01. The third-order valence-corrected chi connectivity index (χ3v) is 4.40. The summed E-state index contributed by atoms with van der Waals surface area (Å²) in [7, 11) is 0. The molecular weight excluding hydrogens is 405 g/mol. The molecule has 1 aromatic heterocycles. The zero-order chi connectivity index (χ0) is 20.1. The van der Waals surface area contributed by atoms with Crippen molar-refractivity contribution in [2.75, 3.05) is 11.9 Å². The molecule has 30 heavy (non-hydrogen) atoms. The van der Waals surface area contributed by atoms with Crippen LogP contribution in [0.5, 0.6) is 5.75 Å². The summed E-state index contributed by atoms with van der Waals surface area (Å²) in [4.78, 5) is 0. The van der Waals surface area contributed by atoms with Gasteiger partial charge in [0.15, 0.2) is 0 Å². The van der Waals surface area contributed by atoms with Gasteiger partial charge in [-0.05, 0) is 48.9 Å². The van der Waals surface area contributed by atoms with E-state index in [1.165, 1.54) is 12.1 Å². The molecule has 154 valence electrons. The smallest absolute Gasteiger partial charge is 0.247 e. The van der Waals surface area contributed by atoms with E-state index in [0.29, 0.717) is 24.1 Å². The van der Waals surface area contributed by atoms with Crippen LogP contribution in [0.4, 0.5) is 10.1 Å². The standard InChI is InChI=1S/C23H20FN3O2.ClH/c1-2-28-20-11-7-6-10-19(20)25-21(16-12-14-18(24)15-13-16)23-27-26-22(29-23)17-8-4-3-5-9-17;/h3-15,21,25H,2H2,1H3;1H. The summed E-state index contributed by atoms with van der Waals surface area (Å²) in [6.07, 6.45) is 0. The molecule has 0 aliphatic carbocycles. The number of rotatable bonds is 7. The number of ether oxygens (including phenoxy) is 1. The average molecular weight is 426 g/mol. The maximum atomic E-state index is 13.5. The van der Waals surface area contributed by atoms with Crippen molar-refractivity contribution in [3.8, 4) is 17.2 Å². The third-order valence-electron chi connectivity index (χ3n) is 4.40. The Morgan fingerprint density at radius 1 is 0.933 bits per heavy atom. The van der Waals surface area contributed by atoms with E-state index in [0.717, 1.165) is 16.8 Å². The predicted molar refractivity (Wildman–Crippen MR) is 116 cm³/mol. The Morgan fingerprint density at radius 3 is 2.37 bits per heavy atom. The lowest BCUT2D eigenvalue weighted by atomic mass is 10.1. The molecule has 0 saturated heterocycles. The van der Waals surface area contributed by atoms with Gasteiger partial charge in [0.2, 0.25) is 11.8 Å². The lowest BCUT2D eigenvalue weighted by molar-refractivity contribution is 0.341. The predicted octanol–water partition coefficient (Wildman–Crippen LogP) is 5.90. The van der Waals surface area contributed by atoms with Crippen molar-refractivity contribution in [2.45, 2.75) is 13.0 Å². The minimum Gasteiger partial charge on any atom is -0.492 e. The van der Waals surface area contributed by atoms with Gasteiger partial charge in [-0.15, -0.1) is 22.6 Å². The van der Waals surface area contributed by atoms with Gasteiger partial charge in [0, 0.05) is 5.56 Å². The summed E-state index contributed by atoms with van der Waals surface area (Å²) in [6.45, 7) is 2.47. The van der Waals surface area contributed by atoms with Gasteiger partial charge in [0.1, 0.15) is 17.6 Å². The van der Waals surface area contributed by atoms with E-state index in [1.807, 2.05) is 61.5 Å². The monoisotopic (exact) mass is 425 g/mol. The molecular formula is C23H21ClFN3O2. The maximum Gasteiger partial charge on any atom is 0.247 e. The van der Waals surface area contributed by atoms with Gasteiger partial charge >= 0.3 is 0 Å². The van der Waals surface area contributed by atoms with Gasteiger partial charge in [0.25, 0.3) is 0 Å². The number of nitrogens with one attached hydrogen (secondary N) is 1. The zero-order valence-electron chi connectivity index (χ0n) is 16.3. The first-order chi connectivity index (χ1) is 14.2. The summed E-state index contributed by atoms with van der Waals surface area (Å²) in [5.74, 6) is 1.21. The lowest BCUT2D eigenvalue weighted by Crippen LogP contribution is -2.14. The second kappa shape index (κ2) is 9.89. The number of hydrogen-bond donors (Lipinski definition) is 1. The van der Waals surface area contributed by atoms with Crippen LogP contribution in [0.2, 0.25) is 0 Å². The highest BCUT2D eigenvalue weighted by molar-refractivity contribution is 5.85. The third kappa shape index (κ3) is 4.78. The molecule has 0 saturated carbocycles. The number of nitrogens with zero attached hydrogens (tertiary/aromatic N) is 2. The van der Waals surface area contributed by atoms with Crippen LogP contribution in [0.3, 0.4) is 0 Å². The van der Waals surface area contributed by atoms with Crippen LogP contribution in [-0.4, -0.2) is 16.8 Å². The average Bonchev–Trinajstić information content (AvgIpc) is 3.25. The number of para-hydroxylation sites is 2. The van der Waals surface area contributed by atoms with Gasteiger partial charge in [-0.2, -0.15) is 0 Å². The van der Waals surface area contributed by atoms with Crippen molar-refractivity contribution in [2.24, 2.45) is 0 Å². The van der Waals surface area contributed by atoms with Crippen LogP contribution >= 0.6 is 12.4 Å². The fourth-order valence-corrected chi connectivity index (χ4v) is 3.01. The maximum absolute atomic E-state index is 13.5. The minimum atomic E-state index is -0.470. The fraction of sp³-hybridized carbons (Fsp3) is 0.130.